The number of rotatable bonds is 7. The molecule has 23 heavy (non-hydrogen) atoms. The first kappa shape index (κ1) is 17.5. The number of benzene rings is 1. The molecule has 1 amide bonds. The van der Waals surface area contributed by atoms with E-state index in [2.05, 4.69) is 10.3 Å². The lowest BCUT2D eigenvalue weighted by Crippen LogP contribution is -2.10. The summed E-state index contributed by atoms with van der Waals surface area (Å²) >= 11 is 7.14. The van der Waals surface area contributed by atoms with Gasteiger partial charge in [0.1, 0.15) is 0 Å². The summed E-state index contributed by atoms with van der Waals surface area (Å²) in [4.78, 5) is 27.8. The Labute approximate surface area is 144 Å². The zero-order chi connectivity index (χ0) is 16.7. The van der Waals surface area contributed by atoms with Crippen LogP contribution in [0.1, 0.15) is 30.1 Å². The Hall–Kier alpha value is -1.85. The number of hydrogen-bond donors (Lipinski definition) is 1. The van der Waals surface area contributed by atoms with E-state index in [0.29, 0.717) is 28.4 Å². The molecular weight excluding hydrogens is 332 g/mol. The smallest absolute Gasteiger partial charge is 0.224 e. The van der Waals surface area contributed by atoms with Crippen LogP contribution in [0.15, 0.2) is 47.6 Å². The van der Waals surface area contributed by atoms with Gasteiger partial charge in [-0.15, -0.1) is 0 Å². The van der Waals surface area contributed by atoms with Gasteiger partial charge in [-0.05, 0) is 42.8 Å². The second kappa shape index (κ2) is 8.70. The minimum absolute atomic E-state index is 0.0122. The second-order valence-electron chi connectivity index (χ2n) is 4.90. The summed E-state index contributed by atoms with van der Waals surface area (Å²) in [6.07, 6.45) is 2.85. The normalized spacial score (nSPS) is 10.3. The van der Waals surface area contributed by atoms with Gasteiger partial charge in [0.2, 0.25) is 5.91 Å². The van der Waals surface area contributed by atoms with Gasteiger partial charge < -0.3 is 5.32 Å². The SMILES string of the molecule is CCCC(=O)Nc1ccc(C(=O)CSc2ccc(Cl)cn2)cc1. The average molecular weight is 349 g/mol. The number of pyridine rings is 1. The molecule has 1 aromatic heterocycles. The fourth-order valence-corrected chi connectivity index (χ4v) is 2.71. The molecule has 1 N–H and O–H groups in total. The Morgan fingerprint density at radius 2 is 1.91 bits per heavy atom. The quantitative estimate of drug-likeness (QED) is 0.593. The standard InChI is InChI=1S/C17H17ClN2O2S/c1-2-3-16(22)20-14-7-4-12(5-8-14)15(21)11-23-17-9-6-13(18)10-19-17/h4-10H,2-3,11H2,1H3,(H,20,22). The number of amides is 1. The molecule has 0 atom stereocenters. The number of ketones is 1. The minimum Gasteiger partial charge on any atom is -0.326 e. The predicted octanol–water partition coefficient (Wildman–Crippen LogP) is 4.45. The maximum absolute atomic E-state index is 12.2. The van der Waals surface area contributed by atoms with E-state index in [-0.39, 0.29) is 11.7 Å². The molecule has 1 aromatic carbocycles. The van der Waals surface area contributed by atoms with Crippen LogP contribution in [0, 0.1) is 0 Å². The van der Waals surface area contributed by atoms with E-state index >= 15 is 0 Å². The van der Waals surface area contributed by atoms with Crippen LogP contribution in [-0.4, -0.2) is 22.4 Å². The third-order valence-electron chi connectivity index (χ3n) is 3.02. The first-order valence-corrected chi connectivity index (χ1v) is 8.62. The number of carbonyl (C=O) groups is 2. The third kappa shape index (κ3) is 5.69. The minimum atomic E-state index is -0.0176. The number of anilines is 1. The van der Waals surface area contributed by atoms with Gasteiger partial charge in [-0.3, -0.25) is 9.59 Å². The predicted molar refractivity (Wildman–Crippen MR) is 94.3 cm³/mol. The Morgan fingerprint density at radius 1 is 1.17 bits per heavy atom. The van der Waals surface area contributed by atoms with Gasteiger partial charge in [0.15, 0.2) is 5.78 Å². The summed E-state index contributed by atoms with van der Waals surface area (Å²) in [6.45, 7) is 1.95. The number of carbonyl (C=O) groups excluding carboxylic acids is 2. The molecule has 0 spiro atoms. The van der Waals surface area contributed by atoms with E-state index < -0.39 is 0 Å². The van der Waals surface area contributed by atoms with Crippen molar-refractivity contribution in [2.45, 2.75) is 24.8 Å². The van der Waals surface area contributed by atoms with Crippen molar-refractivity contribution < 1.29 is 9.59 Å². The van der Waals surface area contributed by atoms with E-state index in [0.717, 1.165) is 11.4 Å². The summed E-state index contributed by atoms with van der Waals surface area (Å²) in [5, 5.41) is 4.12. The summed E-state index contributed by atoms with van der Waals surface area (Å²) in [6, 6.07) is 10.5. The Morgan fingerprint density at radius 3 is 2.52 bits per heavy atom. The van der Waals surface area contributed by atoms with E-state index in [4.69, 9.17) is 11.6 Å². The van der Waals surface area contributed by atoms with Crippen LogP contribution in [0.5, 0.6) is 0 Å². The van der Waals surface area contributed by atoms with Crippen LogP contribution in [0.2, 0.25) is 5.02 Å². The zero-order valence-corrected chi connectivity index (χ0v) is 14.3. The van der Waals surface area contributed by atoms with Crippen LogP contribution in [0.25, 0.3) is 0 Å². The van der Waals surface area contributed by atoms with Gasteiger partial charge in [0.05, 0.1) is 15.8 Å². The summed E-state index contributed by atoms with van der Waals surface area (Å²) < 4.78 is 0. The van der Waals surface area contributed by atoms with Crippen LogP contribution in [0.3, 0.4) is 0 Å². The lowest BCUT2D eigenvalue weighted by atomic mass is 10.1. The Bertz CT molecular complexity index is 672. The molecule has 0 aliphatic rings. The molecule has 2 rings (SSSR count). The topological polar surface area (TPSA) is 59.1 Å². The van der Waals surface area contributed by atoms with E-state index in [1.54, 1.807) is 42.6 Å². The molecule has 0 fully saturated rings. The lowest BCUT2D eigenvalue weighted by Gasteiger charge is -2.06. The first-order valence-electron chi connectivity index (χ1n) is 7.26. The van der Waals surface area contributed by atoms with Gasteiger partial charge in [-0.25, -0.2) is 4.98 Å². The molecule has 0 saturated heterocycles. The van der Waals surface area contributed by atoms with Gasteiger partial charge in [-0.1, -0.05) is 30.3 Å². The van der Waals surface area contributed by atoms with Gasteiger partial charge in [0, 0.05) is 23.9 Å². The number of thioether (sulfide) groups is 1. The fourth-order valence-electron chi connectivity index (χ4n) is 1.86. The number of Topliss-reactive ketones (excluding diaryl/α,β-unsaturated/α-hetero) is 1. The molecule has 0 saturated carbocycles. The number of aromatic nitrogens is 1. The highest BCUT2D eigenvalue weighted by Crippen LogP contribution is 2.19. The van der Waals surface area contributed by atoms with Crippen molar-refractivity contribution >= 4 is 40.7 Å². The molecule has 1 heterocycles. The maximum atomic E-state index is 12.2. The lowest BCUT2D eigenvalue weighted by molar-refractivity contribution is -0.116. The highest BCUT2D eigenvalue weighted by Gasteiger charge is 2.08. The van der Waals surface area contributed by atoms with Crippen LogP contribution >= 0.6 is 23.4 Å². The molecule has 0 unspecified atom stereocenters. The van der Waals surface area contributed by atoms with Gasteiger partial charge in [0.25, 0.3) is 0 Å². The van der Waals surface area contributed by atoms with Crippen molar-refractivity contribution in [2.75, 3.05) is 11.1 Å². The van der Waals surface area contributed by atoms with Crippen LogP contribution in [0.4, 0.5) is 5.69 Å². The zero-order valence-electron chi connectivity index (χ0n) is 12.7. The Balaban J connectivity index is 1.89. The molecule has 0 bridgehead atoms. The summed E-state index contributed by atoms with van der Waals surface area (Å²) in [5.41, 5.74) is 1.31. The monoisotopic (exact) mass is 348 g/mol. The van der Waals surface area contributed by atoms with Crippen LogP contribution in [-0.2, 0) is 4.79 Å². The summed E-state index contributed by atoms with van der Waals surface area (Å²) in [7, 11) is 0. The van der Waals surface area contributed by atoms with Crippen molar-refractivity contribution in [3.63, 3.8) is 0 Å². The average Bonchev–Trinajstić information content (AvgIpc) is 2.55. The van der Waals surface area contributed by atoms with E-state index in [1.165, 1.54) is 11.8 Å². The van der Waals surface area contributed by atoms with Crippen LogP contribution < -0.4 is 5.32 Å². The van der Waals surface area contributed by atoms with Gasteiger partial charge >= 0.3 is 0 Å². The third-order valence-corrected chi connectivity index (χ3v) is 4.19. The summed E-state index contributed by atoms with van der Waals surface area (Å²) in [5.74, 6) is 0.296. The highest BCUT2D eigenvalue weighted by molar-refractivity contribution is 7.99. The largest absolute Gasteiger partial charge is 0.326 e. The van der Waals surface area contributed by atoms with E-state index in [1.807, 2.05) is 6.92 Å². The highest BCUT2D eigenvalue weighted by atomic mass is 35.5. The van der Waals surface area contributed by atoms with Crippen molar-refractivity contribution in [3.05, 3.63) is 53.2 Å². The molecule has 0 aliphatic heterocycles. The molecule has 0 radical (unpaired) electrons. The molecule has 6 heteroatoms. The molecule has 4 nitrogen and oxygen atoms in total. The van der Waals surface area contributed by atoms with E-state index in [9.17, 15) is 9.59 Å². The van der Waals surface area contributed by atoms with Crippen molar-refractivity contribution in [2.24, 2.45) is 0 Å². The number of hydrogen-bond acceptors (Lipinski definition) is 4. The molecule has 120 valence electrons. The van der Waals surface area contributed by atoms with Crippen molar-refractivity contribution in [1.82, 2.24) is 4.98 Å². The molecular formula is C17H17ClN2O2S. The molecule has 2 aromatic rings. The second-order valence-corrected chi connectivity index (χ2v) is 6.33. The Kier molecular flexibility index (Phi) is 6.62. The first-order chi connectivity index (χ1) is 11.1. The van der Waals surface area contributed by atoms with Gasteiger partial charge in [-0.2, -0.15) is 0 Å². The number of nitrogens with one attached hydrogen (secondary N) is 1. The molecule has 0 aliphatic carbocycles. The number of nitrogens with zero attached hydrogens (tertiary/aromatic N) is 1. The number of halogens is 1. The van der Waals surface area contributed by atoms with Crippen molar-refractivity contribution in [1.29, 1.82) is 0 Å². The fraction of sp³-hybridized carbons (Fsp3) is 0.235. The van der Waals surface area contributed by atoms with Crippen molar-refractivity contribution in [3.8, 4) is 0 Å². The maximum Gasteiger partial charge on any atom is 0.224 e.